The number of nitrogens with zero attached hydrogens (tertiary/aromatic N) is 3. The molecular formula is C18H21N3O4S2. The number of carbonyl (C=O) groups is 2. The fourth-order valence-corrected chi connectivity index (χ4v) is 5.98. The predicted molar refractivity (Wildman–Crippen MR) is 105 cm³/mol. The molecule has 3 heterocycles. The highest BCUT2D eigenvalue weighted by Gasteiger charge is 2.29. The quantitative estimate of drug-likeness (QED) is 0.573. The van der Waals surface area contributed by atoms with E-state index in [0.717, 1.165) is 34.4 Å². The molecule has 27 heavy (non-hydrogen) atoms. The minimum atomic E-state index is -0.600. The minimum Gasteiger partial charge on any atom is -0.447 e. The van der Waals surface area contributed by atoms with Crippen molar-refractivity contribution in [2.45, 2.75) is 44.8 Å². The Labute approximate surface area is 164 Å². The van der Waals surface area contributed by atoms with E-state index in [9.17, 15) is 14.4 Å². The van der Waals surface area contributed by atoms with Crippen LogP contribution in [0.4, 0.5) is 4.79 Å². The molecule has 0 N–H and O–H groups in total. The number of aryl methyl sites for hydroxylation is 1. The smallest absolute Gasteiger partial charge is 0.416 e. The second-order valence-electron chi connectivity index (χ2n) is 6.92. The number of rotatable bonds is 4. The summed E-state index contributed by atoms with van der Waals surface area (Å²) < 4.78 is 6.44. The normalized spacial score (nSPS) is 19.4. The zero-order valence-corrected chi connectivity index (χ0v) is 17.0. The molecule has 1 fully saturated rings. The highest BCUT2D eigenvalue weighted by atomic mass is 32.2. The van der Waals surface area contributed by atoms with Crippen molar-refractivity contribution in [2.75, 3.05) is 18.9 Å². The van der Waals surface area contributed by atoms with Crippen LogP contribution in [-0.2, 0) is 28.9 Å². The van der Waals surface area contributed by atoms with Crippen LogP contribution in [0.25, 0.3) is 10.2 Å². The van der Waals surface area contributed by atoms with Crippen molar-refractivity contribution in [1.82, 2.24) is 14.5 Å². The third kappa shape index (κ3) is 3.27. The number of aromatic nitrogens is 2. The molecule has 4 rings (SSSR count). The van der Waals surface area contributed by atoms with Crippen molar-refractivity contribution < 1.29 is 14.3 Å². The summed E-state index contributed by atoms with van der Waals surface area (Å²) in [7, 11) is 0. The Balaban J connectivity index is 1.65. The summed E-state index contributed by atoms with van der Waals surface area (Å²) in [5.41, 5.74) is 1.14. The highest BCUT2D eigenvalue weighted by molar-refractivity contribution is 7.99. The Kier molecular flexibility index (Phi) is 4.98. The van der Waals surface area contributed by atoms with Crippen molar-refractivity contribution in [1.29, 1.82) is 0 Å². The molecule has 2 aromatic rings. The molecule has 7 nitrogen and oxygen atoms in total. The van der Waals surface area contributed by atoms with Gasteiger partial charge in [0.25, 0.3) is 5.56 Å². The largest absolute Gasteiger partial charge is 0.447 e. The summed E-state index contributed by atoms with van der Waals surface area (Å²) in [5, 5.41) is 1.28. The lowest BCUT2D eigenvalue weighted by molar-refractivity contribution is -0.125. The summed E-state index contributed by atoms with van der Waals surface area (Å²) in [5.74, 6) is 0.360. The monoisotopic (exact) mass is 407 g/mol. The molecule has 0 aromatic carbocycles. The second-order valence-corrected chi connectivity index (χ2v) is 8.95. The van der Waals surface area contributed by atoms with Gasteiger partial charge in [-0.05, 0) is 37.7 Å². The van der Waals surface area contributed by atoms with Gasteiger partial charge in [-0.25, -0.2) is 14.7 Å². The van der Waals surface area contributed by atoms with Gasteiger partial charge in [-0.15, -0.1) is 11.3 Å². The Bertz CT molecular complexity index is 981. The molecule has 0 bridgehead atoms. The Hall–Kier alpha value is -1.87. The van der Waals surface area contributed by atoms with Crippen LogP contribution in [0.3, 0.4) is 0 Å². The average molecular weight is 408 g/mol. The molecule has 1 atom stereocenters. The van der Waals surface area contributed by atoms with Crippen molar-refractivity contribution in [3.8, 4) is 0 Å². The van der Waals surface area contributed by atoms with Gasteiger partial charge in [-0.2, -0.15) is 0 Å². The third-order valence-corrected chi connectivity index (χ3v) is 7.19. The lowest BCUT2D eigenvalue weighted by Crippen LogP contribution is -2.33. The summed E-state index contributed by atoms with van der Waals surface area (Å²) in [4.78, 5) is 44.7. The van der Waals surface area contributed by atoms with E-state index in [1.807, 2.05) is 6.92 Å². The highest BCUT2D eigenvalue weighted by Crippen LogP contribution is 2.36. The zero-order valence-electron chi connectivity index (χ0n) is 15.3. The van der Waals surface area contributed by atoms with E-state index in [-0.39, 0.29) is 30.4 Å². The molecule has 2 amide bonds. The fourth-order valence-electron chi connectivity index (χ4n) is 3.62. The summed E-state index contributed by atoms with van der Waals surface area (Å²) in [6.45, 7) is 5.14. The number of carbonyl (C=O) groups excluding carboxylic acids is 2. The van der Waals surface area contributed by atoms with Crippen LogP contribution >= 0.6 is 23.1 Å². The number of thiophene rings is 1. The Morgan fingerprint density at radius 3 is 2.93 bits per heavy atom. The van der Waals surface area contributed by atoms with Crippen LogP contribution in [0, 0.1) is 5.92 Å². The van der Waals surface area contributed by atoms with Gasteiger partial charge in [-0.1, -0.05) is 18.7 Å². The maximum absolute atomic E-state index is 13.1. The molecule has 144 valence electrons. The van der Waals surface area contributed by atoms with Gasteiger partial charge >= 0.3 is 6.09 Å². The molecule has 9 heteroatoms. The van der Waals surface area contributed by atoms with E-state index in [1.165, 1.54) is 22.2 Å². The molecule has 1 aliphatic heterocycles. The van der Waals surface area contributed by atoms with Crippen LogP contribution in [0.2, 0.25) is 0 Å². The first-order valence-electron chi connectivity index (χ1n) is 9.14. The van der Waals surface area contributed by atoms with Crippen LogP contribution in [0.5, 0.6) is 0 Å². The molecule has 2 aliphatic rings. The van der Waals surface area contributed by atoms with E-state index in [1.54, 1.807) is 15.9 Å². The molecule has 1 aliphatic carbocycles. The first kappa shape index (κ1) is 18.5. The predicted octanol–water partition coefficient (Wildman–Crippen LogP) is 2.67. The molecule has 2 aromatic heterocycles. The summed E-state index contributed by atoms with van der Waals surface area (Å²) in [6.07, 6.45) is 2.43. The van der Waals surface area contributed by atoms with Gasteiger partial charge in [0.05, 0.1) is 17.7 Å². The molecule has 0 unspecified atom stereocenters. The van der Waals surface area contributed by atoms with E-state index in [2.05, 4.69) is 6.92 Å². The number of fused-ring (bicyclic) bond motifs is 3. The van der Waals surface area contributed by atoms with E-state index in [4.69, 9.17) is 9.72 Å². The first-order valence-corrected chi connectivity index (χ1v) is 10.9. The molecule has 0 saturated carbocycles. The molecular weight excluding hydrogens is 386 g/mol. The summed E-state index contributed by atoms with van der Waals surface area (Å²) in [6, 6.07) is 0. The van der Waals surface area contributed by atoms with E-state index < -0.39 is 6.09 Å². The number of cyclic esters (lactones) is 1. The van der Waals surface area contributed by atoms with Crippen molar-refractivity contribution >= 4 is 45.3 Å². The molecule has 1 saturated heterocycles. The Morgan fingerprint density at radius 1 is 1.41 bits per heavy atom. The van der Waals surface area contributed by atoms with Gasteiger partial charge in [-0.3, -0.25) is 14.2 Å². The zero-order chi connectivity index (χ0) is 19.1. The minimum absolute atomic E-state index is 0.0231. The number of hydrogen-bond donors (Lipinski definition) is 0. The third-order valence-electron chi connectivity index (χ3n) is 5.08. The topological polar surface area (TPSA) is 81.5 Å². The van der Waals surface area contributed by atoms with Crippen LogP contribution in [0.15, 0.2) is 9.95 Å². The van der Waals surface area contributed by atoms with Crippen molar-refractivity contribution in [2.24, 2.45) is 5.92 Å². The number of imide groups is 1. The van der Waals surface area contributed by atoms with E-state index >= 15 is 0 Å². The van der Waals surface area contributed by atoms with Gasteiger partial charge in [0.1, 0.15) is 11.4 Å². The van der Waals surface area contributed by atoms with Crippen molar-refractivity contribution in [3.05, 3.63) is 20.8 Å². The van der Waals surface area contributed by atoms with Crippen LogP contribution in [-0.4, -0.2) is 45.4 Å². The number of ether oxygens (including phenoxy) is 1. The van der Waals surface area contributed by atoms with Gasteiger partial charge in [0.15, 0.2) is 5.16 Å². The number of hydrogen-bond acceptors (Lipinski definition) is 7. The van der Waals surface area contributed by atoms with Gasteiger partial charge in [0.2, 0.25) is 5.91 Å². The number of thioether (sulfide) groups is 1. The first-order chi connectivity index (χ1) is 13.0. The van der Waals surface area contributed by atoms with Crippen molar-refractivity contribution in [3.63, 3.8) is 0 Å². The summed E-state index contributed by atoms with van der Waals surface area (Å²) >= 11 is 2.81. The fraction of sp³-hybridized carbons (Fsp3) is 0.556. The van der Waals surface area contributed by atoms with Gasteiger partial charge in [0, 0.05) is 11.4 Å². The Morgan fingerprint density at radius 2 is 2.22 bits per heavy atom. The SMILES string of the molecule is CCn1c(SCC(=O)N2CCOC2=O)nc2sc3c(c2c1=O)CC[C@@H](C)C3. The van der Waals surface area contributed by atoms with E-state index in [0.29, 0.717) is 17.6 Å². The molecule has 0 radical (unpaired) electrons. The lowest BCUT2D eigenvalue weighted by Gasteiger charge is -2.17. The second kappa shape index (κ2) is 7.27. The van der Waals surface area contributed by atoms with Gasteiger partial charge < -0.3 is 4.74 Å². The lowest BCUT2D eigenvalue weighted by atomic mass is 9.89. The number of amides is 2. The average Bonchev–Trinajstić information content (AvgIpc) is 3.22. The maximum atomic E-state index is 13.1. The maximum Gasteiger partial charge on any atom is 0.416 e. The van der Waals surface area contributed by atoms with Crippen LogP contribution in [0.1, 0.15) is 30.7 Å². The standard InChI is InChI=1S/C18H21N3O4S2/c1-3-20-16(23)14-11-5-4-10(2)8-12(11)27-15(14)19-17(20)26-9-13(22)21-6-7-25-18(21)24/h10H,3-9H2,1-2H3/t10-/m1/s1. The van der Waals surface area contributed by atoms with Crippen LogP contribution < -0.4 is 5.56 Å². The molecule has 0 spiro atoms.